The first-order chi connectivity index (χ1) is 12.5. The summed E-state index contributed by atoms with van der Waals surface area (Å²) in [4.78, 5) is 13.1. The number of nitrogen functional groups attached to an aromatic ring is 1. The van der Waals surface area contributed by atoms with Gasteiger partial charge in [0, 0.05) is 5.56 Å². The minimum absolute atomic E-state index is 0.207. The van der Waals surface area contributed by atoms with Gasteiger partial charge in [-0.25, -0.2) is 15.0 Å². The molecule has 1 saturated heterocycles. The van der Waals surface area contributed by atoms with Crippen molar-refractivity contribution in [1.82, 2.24) is 19.5 Å². The van der Waals surface area contributed by atoms with Crippen LogP contribution in [0.25, 0.3) is 22.6 Å². The Balaban J connectivity index is 1.84. The molecule has 136 valence electrons. The number of hydrogen-bond donors (Lipinski definition) is 4. The number of aliphatic hydroxyl groups is 3. The summed E-state index contributed by atoms with van der Waals surface area (Å²) in [7, 11) is 0. The summed E-state index contributed by atoms with van der Waals surface area (Å²) in [6, 6.07) is 7.64. The van der Waals surface area contributed by atoms with Crippen molar-refractivity contribution in [2.75, 3.05) is 12.3 Å². The highest BCUT2D eigenvalue weighted by molar-refractivity contribution is 5.84. The summed E-state index contributed by atoms with van der Waals surface area (Å²) in [6.45, 7) is 1.54. The number of benzene rings is 1. The molecule has 0 unspecified atom stereocenters. The molecule has 1 aromatic carbocycles. The van der Waals surface area contributed by atoms with Gasteiger partial charge in [0.05, 0.1) is 12.9 Å². The highest BCUT2D eigenvalue weighted by atomic mass is 16.6. The molecule has 0 aliphatic carbocycles. The van der Waals surface area contributed by atoms with Crippen LogP contribution in [0.3, 0.4) is 0 Å². The lowest BCUT2D eigenvalue weighted by atomic mass is 10.1. The van der Waals surface area contributed by atoms with Gasteiger partial charge in [0.15, 0.2) is 23.5 Å². The Morgan fingerprint density at radius 2 is 1.96 bits per heavy atom. The Bertz CT molecular complexity index is 959. The van der Waals surface area contributed by atoms with E-state index in [1.165, 1.54) is 10.9 Å². The molecule has 4 atom stereocenters. The molecule has 5 N–H and O–H groups in total. The van der Waals surface area contributed by atoms with E-state index < -0.39 is 31.1 Å². The van der Waals surface area contributed by atoms with Gasteiger partial charge in [0.25, 0.3) is 0 Å². The second-order valence-corrected chi connectivity index (χ2v) is 6.30. The van der Waals surface area contributed by atoms with E-state index in [0.717, 1.165) is 11.1 Å². The standard InChI is InChI=1S/C17H19N5O4/c1-8-4-2-3-5-9(8)15-20-14(18)11-16(21-15)22(7-19-11)17-13(25)12(24)10(6-23)26-17/h2-5,7,10,12-13,17,23-25H,6H2,1H3,(H2,18,20,21)/t10-,12-,13-,17-/m1/s1. The number of nitrogens with two attached hydrogens (primary N) is 1. The molecule has 3 heterocycles. The third-order valence-corrected chi connectivity index (χ3v) is 4.63. The maximum atomic E-state index is 10.3. The Morgan fingerprint density at radius 1 is 1.19 bits per heavy atom. The van der Waals surface area contributed by atoms with E-state index in [9.17, 15) is 15.3 Å². The van der Waals surface area contributed by atoms with Crippen LogP contribution in [0.15, 0.2) is 30.6 Å². The Hall–Kier alpha value is -2.59. The van der Waals surface area contributed by atoms with Crippen LogP contribution in [0.5, 0.6) is 0 Å². The van der Waals surface area contributed by atoms with Crippen LogP contribution >= 0.6 is 0 Å². The van der Waals surface area contributed by atoms with Gasteiger partial charge in [-0.3, -0.25) is 4.57 Å². The molecule has 9 nitrogen and oxygen atoms in total. The number of anilines is 1. The molecule has 1 aliphatic rings. The van der Waals surface area contributed by atoms with Crippen LogP contribution in [-0.4, -0.2) is 59.8 Å². The molecule has 0 saturated carbocycles. The van der Waals surface area contributed by atoms with E-state index in [1.54, 1.807) is 0 Å². The van der Waals surface area contributed by atoms with E-state index in [-0.39, 0.29) is 5.82 Å². The summed E-state index contributed by atoms with van der Waals surface area (Å²) in [5.74, 6) is 0.639. The molecule has 0 radical (unpaired) electrons. The zero-order valence-electron chi connectivity index (χ0n) is 14.0. The van der Waals surface area contributed by atoms with Gasteiger partial charge in [0.2, 0.25) is 0 Å². The van der Waals surface area contributed by atoms with Crippen molar-refractivity contribution in [3.8, 4) is 11.4 Å². The normalized spacial score (nSPS) is 25.8. The van der Waals surface area contributed by atoms with Crippen molar-refractivity contribution in [1.29, 1.82) is 0 Å². The molecule has 4 rings (SSSR count). The molecule has 0 bridgehead atoms. The number of rotatable bonds is 3. The quantitative estimate of drug-likeness (QED) is 0.513. The fourth-order valence-electron chi connectivity index (χ4n) is 3.18. The van der Waals surface area contributed by atoms with E-state index in [1.807, 2.05) is 31.2 Å². The fourth-order valence-corrected chi connectivity index (χ4v) is 3.18. The number of imidazole rings is 1. The van der Waals surface area contributed by atoms with Crippen LogP contribution in [-0.2, 0) is 4.74 Å². The zero-order valence-corrected chi connectivity index (χ0v) is 14.0. The van der Waals surface area contributed by atoms with Crippen LogP contribution in [0.2, 0.25) is 0 Å². The number of ether oxygens (including phenoxy) is 1. The van der Waals surface area contributed by atoms with Gasteiger partial charge in [-0.15, -0.1) is 0 Å². The number of aromatic nitrogens is 4. The molecular weight excluding hydrogens is 338 g/mol. The van der Waals surface area contributed by atoms with Crippen LogP contribution in [0, 0.1) is 6.92 Å². The molecule has 3 aromatic rings. The molecule has 1 fully saturated rings. The molecule has 2 aromatic heterocycles. The first-order valence-electron chi connectivity index (χ1n) is 8.19. The monoisotopic (exact) mass is 357 g/mol. The van der Waals surface area contributed by atoms with Crippen molar-refractivity contribution in [2.24, 2.45) is 0 Å². The minimum Gasteiger partial charge on any atom is -0.394 e. The third kappa shape index (κ3) is 2.53. The molecule has 0 amide bonds. The summed E-state index contributed by atoms with van der Waals surface area (Å²) in [5.41, 5.74) is 8.63. The van der Waals surface area contributed by atoms with Crippen molar-refractivity contribution in [3.63, 3.8) is 0 Å². The predicted octanol–water partition coefficient (Wildman–Crippen LogP) is -0.00458. The van der Waals surface area contributed by atoms with Gasteiger partial charge in [0.1, 0.15) is 23.8 Å². The predicted molar refractivity (Wildman–Crippen MR) is 92.9 cm³/mol. The number of fused-ring (bicyclic) bond motifs is 1. The van der Waals surface area contributed by atoms with E-state index >= 15 is 0 Å². The summed E-state index contributed by atoms with van der Waals surface area (Å²) in [6.07, 6.45) is -2.84. The summed E-state index contributed by atoms with van der Waals surface area (Å²) in [5, 5.41) is 29.6. The van der Waals surface area contributed by atoms with Crippen LogP contribution in [0.4, 0.5) is 5.82 Å². The zero-order chi connectivity index (χ0) is 18.4. The average molecular weight is 357 g/mol. The molecule has 26 heavy (non-hydrogen) atoms. The second kappa shape index (κ2) is 6.29. The average Bonchev–Trinajstić information content (AvgIpc) is 3.17. The Morgan fingerprint density at radius 3 is 2.65 bits per heavy atom. The number of aryl methyl sites for hydroxylation is 1. The molecule has 0 spiro atoms. The lowest BCUT2D eigenvalue weighted by Crippen LogP contribution is -2.33. The molecular formula is C17H19N5O4. The number of nitrogens with zero attached hydrogens (tertiary/aromatic N) is 4. The number of aliphatic hydroxyl groups excluding tert-OH is 3. The summed E-state index contributed by atoms with van der Waals surface area (Å²) < 4.78 is 7.07. The van der Waals surface area contributed by atoms with Gasteiger partial charge in [-0.2, -0.15) is 0 Å². The lowest BCUT2D eigenvalue weighted by Gasteiger charge is -2.17. The highest BCUT2D eigenvalue weighted by Crippen LogP contribution is 2.33. The maximum absolute atomic E-state index is 10.3. The first-order valence-corrected chi connectivity index (χ1v) is 8.19. The van der Waals surface area contributed by atoms with Gasteiger partial charge in [-0.05, 0) is 12.5 Å². The Kier molecular flexibility index (Phi) is 4.08. The Labute approximate surface area is 148 Å². The highest BCUT2D eigenvalue weighted by Gasteiger charge is 2.44. The smallest absolute Gasteiger partial charge is 0.168 e. The lowest BCUT2D eigenvalue weighted by molar-refractivity contribution is -0.0511. The van der Waals surface area contributed by atoms with Crippen LogP contribution in [0.1, 0.15) is 11.8 Å². The van der Waals surface area contributed by atoms with Gasteiger partial charge < -0.3 is 25.8 Å². The first kappa shape index (κ1) is 16.9. The van der Waals surface area contributed by atoms with Gasteiger partial charge in [-0.1, -0.05) is 24.3 Å². The van der Waals surface area contributed by atoms with Crippen molar-refractivity contribution in [2.45, 2.75) is 31.5 Å². The SMILES string of the molecule is Cc1ccccc1-c1nc(N)c2ncn([C@@H]3O[C@H](CO)[C@@H](O)[C@H]3O)c2n1. The summed E-state index contributed by atoms with van der Waals surface area (Å²) >= 11 is 0. The topological polar surface area (TPSA) is 140 Å². The molecule has 9 heteroatoms. The van der Waals surface area contributed by atoms with E-state index in [2.05, 4.69) is 15.0 Å². The van der Waals surface area contributed by atoms with E-state index in [4.69, 9.17) is 10.5 Å². The molecule has 1 aliphatic heterocycles. The second-order valence-electron chi connectivity index (χ2n) is 6.30. The van der Waals surface area contributed by atoms with E-state index in [0.29, 0.717) is 17.0 Å². The van der Waals surface area contributed by atoms with Crippen LogP contribution < -0.4 is 5.73 Å². The maximum Gasteiger partial charge on any atom is 0.168 e. The van der Waals surface area contributed by atoms with Crippen molar-refractivity contribution < 1.29 is 20.1 Å². The fraction of sp³-hybridized carbons (Fsp3) is 0.353. The van der Waals surface area contributed by atoms with Crippen molar-refractivity contribution in [3.05, 3.63) is 36.2 Å². The minimum atomic E-state index is -1.23. The third-order valence-electron chi connectivity index (χ3n) is 4.63. The number of hydrogen-bond acceptors (Lipinski definition) is 8. The largest absolute Gasteiger partial charge is 0.394 e. The van der Waals surface area contributed by atoms with Gasteiger partial charge >= 0.3 is 0 Å². The van der Waals surface area contributed by atoms with Crippen molar-refractivity contribution >= 4 is 17.0 Å².